The van der Waals surface area contributed by atoms with E-state index in [9.17, 15) is 14.0 Å². The summed E-state index contributed by atoms with van der Waals surface area (Å²) >= 11 is 0. The van der Waals surface area contributed by atoms with E-state index in [1.54, 1.807) is 32.4 Å². The van der Waals surface area contributed by atoms with Crippen LogP contribution >= 0.6 is 0 Å². The van der Waals surface area contributed by atoms with Crippen molar-refractivity contribution in [2.75, 3.05) is 51.9 Å². The quantitative estimate of drug-likeness (QED) is 0.261. The smallest absolute Gasteiger partial charge is 0.246 e. The van der Waals surface area contributed by atoms with Crippen LogP contribution in [-0.4, -0.2) is 83.9 Å². The number of carbonyl (C=O) groups excluding carboxylic acids is 2. The summed E-state index contributed by atoms with van der Waals surface area (Å²) in [5.41, 5.74) is 1.22. The molecule has 0 saturated heterocycles. The fraction of sp³-hybridized carbons (Fsp3) is 0.444. The molecule has 2 heterocycles. The van der Waals surface area contributed by atoms with E-state index >= 15 is 0 Å². The third-order valence-electron chi connectivity index (χ3n) is 5.95. The number of carbonyl (C=O) groups is 2. The van der Waals surface area contributed by atoms with Gasteiger partial charge in [-0.2, -0.15) is 9.37 Å². The first-order valence-electron chi connectivity index (χ1n) is 12.5. The summed E-state index contributed by atoms with van der Waals surface area (Å²) in [5.74, 6) is 6.58. The van der Waals surface area contributed by atoms with Crippen LogP contribution in [0.2, 0.25) is 0 Å². The molecule has 0 unspecified atom stereocenters. The van der Waals surface area contributed by atoms with Crippen LogP contribution in [0.3, 0.4) is 0 Å². The van der Waals surface area contributed by atoms with Gasteiger partial charge in [-0.1, -0.05) is 24.3 Å². The number of nitrogens with zero attached hydrogens (tertiary/aromatic N) is 5. The minimum absolute atomic E-state index is 0.00915. The molecule has 202 valence electrons. The maximum Gasteiger partial charge on any atom is 0.246 e. The number of likely N-dealkylation sites (N-methyl/N-ethyl adjacent to an activating group) is 2. The van der Waals surface area contributed by atoms with Crippen molar-refractivity contribution in [2.24, 2.45) is 5.92 Å². The molecule has 2 aromatic rings. The molecule has 10 nitrogen and oxygen atoms in total. The van der Waals surface area contributed by atoms with Crippen LogP contribution in [0.15, 0.2) is 36.7 Å². The van der Waals surface area contributed by atoms with Crippen molar-refractivity contribution < 1.29 is 14.0 Å². The number of hydrogen-bond donors (Lipinski definition) is 3. The second-order valence-corrected chi connectivity index (χ2v) is 9.46. The van der Waals surface area contributed by atoms with Crippen LogP contribution in [-0.2, 0) is 9.59 Å². The molecule has 2 atom stereocenters. The van der Waals surface area contributed by atoms with Crippen LogP contribution in [0.5, 0.6) is 0 Å². The zero-order valence-corrected chi connectivity index (χ0v) is 22.3. The van der Waals surface area contributed by atoms with E-state index < -0.39 is 5.95 Å². The van der Waals surface area contributed by atoms with E-state index in [2.05, 4.69) is 42.7 Å². The van der Waals surface area contributed by atoms with Gasteiger partial charge in [0.2, 0.25) is 23.7 Å². The molecule has 3 rings (SSSR count). The summed E-state index contributed by atoms with van der Waals surface area (Å²) in [4.78, 5) is 40.4. The average Bonchev–Trinajstić information content (AvgIpc) is 2.89. The molecule has 11 heteroatoms. The van der Waals surface area contributed by atoms with Gasteiger partial charge >= 0.3 is 0 Å². The lowest BCUT2D eigenvalue weighted by Crippen LogP contribution is -2.44. The second kappa shape index (κ2) is 14.0. The SMILES string of the molecule is CNc1nc(Nc2ccc(F)nc2)ncc1C#C[C@@H]1CCC[C@H](NC(=O)CN(C)C(=O)/C=C/CN(C)C)C1. The van der Waals surface area contributed by atoms with Crippen molar-refractivity contribution >= 4 is 29.3 Å². The Kier molecular flexibility index (Phi) is 10.5. The van der Waals surface area contributed by atoms with Crippen LogP contribution in [0.1, 0.15) is 31.2 Å². The van der Waals surface area contributed by atoms with Gasteiger partial charge in [0.1, 0.15) is 5.82 Å². The molecule has 1 aliphatic carbocycles. The highest BCUT2D eigenvalue weighted by molar-refractivity contribution is 5.91. The van der Waals surface area contributed by atoms with Crippen molar-refractivity contribution in [1.82, 2.24) is 30.1 Å². The highest BCUT2D eigenvalue weighted by Gasteiger charge is 2.23. The first-order chi connectivity index (χ1) is 18.2. The van der Waals surface area contributed by atoms with E-state index in [-0.39, 0.29) is 30.3 Å². The third-order valence-corrected chi connectivity index (χ3v) is 5.95. The number of rotatable bonds is 9. The Morgan fingerprint density at radius 2 is 2.00 bits per heavy atom. The van der Waals surface area contributed by atoms with E-state index in [4.69, 9.17) is 0 Å². The standard InChI is InChI=1S/C27H35FN8O2/c1-29-26-20(16-31-27(34-26)33-22-12-13-23(28)30-17-22)11-10-19-7-5-8-21(15-19)32-24(37)18-36(4)25(38)9-6-14-35(2)3/h6,9,12-13,16-17,19,21H,5,7-8,14-15,18H2,1-4H3,(H,32,37)(H2,29,31,33,34)/b9-6+/t19-,21-/m0/s1. The lowest BCUT2D eigenvalue weighted by atomic mass is 9.86. The number of amides is 2. The van der Waals surface area contributed by atoms with E-state index in [0.29, 0.717) is 29.6 Å². The molecule has 0 aliphatic heterocycles. The Morgan fingerprint density at radius 1 is 1.18 bits per heavy atom. The Balaban J connectivity index is 1.54. The summed E-state index contributed by atoms with van der Waals surface area (Å²) in [6.07, 6.45) is 9.79. The Bertz CT molecular complexity index is 1190. The molecular weight excluding hydrogens is 487 g/mol. The van der Waals surface area contributed by atoms with E-state index in [0.717, 1.165) is 25.7 Å². The fourth-order valence-electron chi connectivity index (χ4n) is 3.99. The third kappa shape index (κ3) is 9.12. The van der Waals surface area contributed by atoms with Crippen LogP contribution < -0.4 is 16.0 Å². The van der Waals surface area contributed by atoms with E-state index in [1.807, 2.05) is 19.0 Å². The molecule has 0 radical (unpaired) electrons. The summed E-state index contributed by atoms with van der Waals surface area (Å²) in [6, 6.07) is 2.82. The normalized spacial score (nSPS) is 17.0. The summed E-state index contributed by atoms with van der Waals surface area (Å²) in [7, 11) is 7.22. The first kappa shape index (κ1) is 28.5. The summed E-state index contributed by atoms with van der Waals surface area (Å²) in [6.45, 7) is 0.669. The number of anilines is 3. The molecule has 3 N–H and O–H groups in total. The van der Waals surface area contributed by atoms with Crippen molar-refractivity contribution in [3.63, 3.8) is 0 Å². The first-order valence-corrected chi connectivity index (χ1v) is 12.5. The molecule has 0 spiro atoms. The van der Waals surface area contributed by atoms with Gasteiger partial charge in [0, 0.05) is 38.7 Å². The maximum atomic E-state index is 13.0. The van der Waals surface area contributed by atoms with Crippen molar-refractivity contribution in [3.05, 3.63) is 48.2 Å². The highest BCUT2D eigenvalue weighted by Crippen LogP contribution is 2.24. The minimum Gasteiger partial charge on any atom is -0.372 e. The molecule has 2 amide bonds. The number of nitrogens with one attached hydrogen (secondary N) is 3. The monoisotopic (exact) mass is 522 g/mol. The molecule has 0 aromatic carbocycles. The second-order valence-electron chi connectivity index (χ2n) is 9.46. The van der Waals surface area contributed by atoms with Crippen molar-refractivity contribution in [1.29, 1.82) is 0 Å². The molecular formula is C27H35FN8O2. The Morgan fingerprint density at radius 3 is 2.71 bits per heavy atom. The fourth-order valence-corrected chi connectivity index (χ4v) is 3.99. The van der Waals surface area contributed by atoms with Gasteiger partial charge in [0.25, 0.3) is 0 Å². The van der Waals surface area contributed by atoms with Gasteiger partial charge in [-0.15, -0.1) is 0 Å². The topological polar surface area (TPSA) is 115 Å². The molecule has 1 fully saturated rings. The minimum atomic E-state index is -0.562. The van der Waals surface area contributed by atoms with Crippen LogP contribution in [0.4, 0.5) is 21.8 Å². The van der Waals surface area contributed by atoms with Crippen molar-refractivity contribution in [2.45, 2.75) is 31.7 Å². The molecule has 0 bridgehead atoms. The van der Waals surface area contributed by atoms with E-state index in [1.165, 1.54) is 23.2 Å². The molecule has 1 aliphatic rings. The lowest BCUT2D eigenvalue weighted by molar-refractivity contribution is -0.131. The summed E-state index contributed by atoms with van der Waals surface area (Å²) in [5, 5.41) is 9.08. The average molecular weight is 523 g/mol. The number of halogens is 1. The van der Waals surface area contributed by atoms with Crippen LogP contribution in [0.25, 0.3) is 0 Å². The van der Waals surface area contributed by atoms with Crippen LogP contribution in [0, 0.1) is 23.7 Å². The van der Waals surface area contributed by atoms with Gasteiger partial charge in [0.05, 0.1) is 30.2 Å². The predicted octanol–water partition coefficient (Wildman–Crippen LogP) is 2.40. The predicted molar refractivity (Wildman–Crippen MR) is 145 cm³/mol. The molecule has 1 saturated carbocycles. The van der Waals surface area contributed by atoms with Gasteiger partial charge in [-0.3, -0.25) is 9.59 Å². The van der Waals surface area contributed by atoms with Gasteiger partial charge < -0.3 is 25.8 Å². The summed E-state index contributed by atoms with van der Waals surface area (Å²) < 4.78 is 13.0. The highest BCUT2D eigenvalue weighted by atomic mass is 19.1. The molecule has 38 heavy (non-hydrogen) atoms. The van der Waals surface area contributed by atoms with Gasteiger partial charge in [-0.05, 0) is 45.5 Å². The zero-order chi connectivity index (χ0) is 27.5. The largest absolute Gasteiger partial charge is 0.372 e. The number of pyridine rings is 1. The lowest BCUT2D eigenvalue weighted by Gasteiger charge is -2.27. The Hall–Kier alpha value is -4.04. The Labute approximate surface area is 223 Å². The van der Waals surface area contributed by atoms with Crippen molar-refractivity contribution in [3.8, 4) is 11.8 Å². The number of hydrogen-bond acceptors (Lipinski definition) is 8. The number of aromatic nitrogens is 3. The molecule has 2 aromatic heterocycles. The maximum absolute atomic E-state index is 13.0. The zero-order valence-electron chi connectivity index (χ0n) is 22.3. The van der Waals surface area contributed by atoms with Gasteiger partial charge in [0.15, 0.2) is 0 Å². The van der Waals surface area contributed by atoms with Gasteiger partial charge in [-0.25, -0.2) is 9.97 Å².